The molecule has 12 heavy (non-hydrogen) atoms. The summed E-state index contributed by atoms with van der Waals surface area (Å²) in [7, 11) is -1.39. The van der Waals surface area contributed by atoms with Crippen molar-refractivity contribution in [1.29, 1.82) is 0 Å². The van der Waals surface area contributed by atoms with Crippen LogP contribution in [0.5, 0.6) is 0 Å². The summed E-state index contributed by atoms with van der Waals surface area (Å²) in [4.78, 5) is 0. The molecule has 2 unspecified atom stereocenters. The molecule has 0 bridgehead atoms. The van der Waals surface area contributed by atoms with Crippen molar-refractivity contribution in [3.63, 3.8) is 0 Å². The lowest BCUT2D eigenvalue weighted by Crippen LogP contribution is -2.18. The summed E-state index contributed by atoms with van der Waals surface area (Å²) >= 11 is -2.21. The number of hydrogen-bond donors (Lipinski definition) is 1. The molecule has 0 aliphatic carbocycles. The van der Waals surface area contributed by atoms with E-state index in [0.717, 1.165) is 0 Å². The van der Waals surface area contributed by atoms with Crippen molar-refractivity contribution in [2.45, 2.75) is 32.7 Å². The lowest BCUT2D eigenvalue weighted by molar-refractivity contribution is 0.274. The molecular weight excluding hydrogens is 192 g/mol. The van der Waals surface area contributed by atoms with Crippen molar-refractivity contribution in [2.75, 3.05) is 0 Å². The van der Waals surface area contributed by atoms with Gasteiger partial charge in [-0.05, 0) is 6.92 Å². The molecular formula is C7H14O3SSi. The Kier molecular flexibility index (Phi) is 4.71. The molecule has 0 fully saturated rings. The fourth-order valence-electron chi connectivity index (χ4n) is 0.466. The van der Waals surface area contributed by atoms with Crippen LogP contribution in [0.15, 0.2) is 0 Å². The summed E-state index contributed by atoms with van der Waals surface area (Å²) in [5, 5.41) is 0. The fraction of sp³-hybridized carbons (Fsp3) is 0.714. The smallest absolute Gasteiger partial charge is 0.284 e. The molecule has 3 nitrogen and oxygen atoms in total. The highest BCUT2D eigenvalue weighted by Crippen LogP contribution is 1.98. The maximum Gasteiger partial charge on any atom is 0.303 e. The number of hydrogen-bond acceptors (Lipinski definition) is 2. The lowest BCUT2D eigenvalue weighted by atomic mass is 10.4. The second-order valence-corrected chi connectivity index (χ2v) is 8.85. The van der Waals surface area contributed by atoms with Crippen LogP contribution < -0.4 is 0 Å². The molecule has 1 N–H and O–H groups in total. The molecule has 0 amide bonds. The minimum Gasteiger partial charge on any atom is -0.284 e. The second kappa shape index (κ2) is 4.77. The standard InChI is InChI=1S/C7H14O3SSi/c1-7(10-11(8)9)5-6-12(2,3)4/h7H,1-4H3,(H,8,9). The zero-order valence-electron chi connectivity index (χ0n) is 7.75. The van der Waals surface area contributed by atoms with Gasteiger partial charge in [-0.25, -0.2) is 0 Å². The van der Waals surface area contributed by atoms with E-state index < -0.39 is 25.5 Å². The highest BCUT2D eigenvalue weighted by Gasteiger charge is 2.09. The van der Waals surface area contributed by atoms with Crippen molar-refractivity contribution < 1.29 is 12.9 Å². The van der Waals surface area contributed by atoms with Crippen LogP contribution in [0.25, 0.3) is 0 Å². The summed E-state index contributed by atoms with van der Waals surface area (Å²) in [6.45, 7) is 7.95. The van der Waals surface area contributed by atoms with E-state index in [9.17, 15) is 4.21 Å². The molecule has 0 aromatic carbocycles. The predicted octanol–water partition coefficient (Wildman–Crippen LogP) is 1.41. The van der Waals surface area contributed by atoms with Crippen LogP contribution in [0, 0.1) is 11.5 Å². The van der Waals surface area contributed by atoms with Gasteiger partial charge in [-0.1, -0.05) is 25.6 Å². The lowest BCUT2D eigenvalue weighted by Gasteiger charge is -2.05. The van der Waals surface area contributed by atoms with E-state index in [1.165, 1.54) is 0 Å². The molecule has 0 spiro atoms. The Bertz CT molecular complexity index is 223. The van der Waals surface area contributed by atoms with Gasteiger partial charge >= 0.3 is 11.4 Å². The first kappa shape index (κ1) is 11.8. The van der Waals surface area contributed by atoms with Gasteiger partial charge in [0.1, 0.15) is 14.2 Å². The van der Waals surface area contributed by atoms with E-state index in [1.54, 1.807) is 6.92 Å². The van der Waals surface area contributed by atoms with Gasteiger partial charge in [0.15, 0.2) is 0 Å². The average molecular weight is 206 g/mol. The van der Waals surface area contributed by atoms with Gasteiger partial charge in [0.25, 0.3) is 0 Å². The predicted molar refractivity (Wildman–Crippen MR) is 52.4 cm³/mol. The first-order valence-corrected chi connectivity index (χ1v) is 8.15. The first-order chi connectivity index (χ1) is 5.31. The maximum absolute atomic E-state index is 10.2. The Morgan fingerprint density at radius 1 is 1.50 bits per heavy atom. The van der Waals surface area contributed by atoms with Gasteiger partial charge in [0.05, 0.1) is 0 Å². The SMILES string of the molecule is CC(C#C[Si](C)(C)C)OS(=O)O. The molecule has 5 heteroatoms. The van der Waals surface area contributed by atoms with Gasteiger partial charge in [-0.15, -0.1) is 5.54 Å². The molecule has 70 valence electrons. The van der Waals surface area contributed by atoms with Crippen LogP contribution in [-0.2, 0) is 15.5 Å². The van der Waals surface area contributed by atoms with Gasteiger partial charge in [0, 0.05) is 0 Å². The van der Waals surface area contributed by atoms with Gasteiger partial charge in [-0.2, -0.15) is 4.21 Å². The summed E-state index contributed by atoms with van der Waals surface area (Å²) in [5.41, 5.74) is 3.05. The Morgan fingerprint density at radius 3 is 2.33 bits per heavy atom. The average Bonchev–Trinajstić information content (AvgIpc) is 1.80. The van der Waals surface area contributed by atoms with E-state index >= 15 is 0 Å². The Labute approximate surface area is 77.0 Å². The van der Waals surface area contributed by atoms with E-state index in [0.29, 0.717) is 0 Å². The third-order valence-corrected chi connectivity index (χ3v) is 2.22. The summed E-state index contributed by atoms with van der Waals surface area (Å²) in [5.74, 6) is 2.79. The van der Waals surface area contributed by atoms with E-state index in [1.807, 2.05) is 0 Å². The Balaban J connectivity index is 4.04. The van der Waals surface area contributed by atoms with Crippen LogP contribution in [0.2, 0.25) is 19.6 Å². The molecule has 0 aromatic rings. The van der Waals surface area contributed by atoms with Crippen molar-refractivity contribution in [3.8, 4) is 11.5 Å². The molecule has 0 rings (SSSR count). The maximum atomic E-state index is 10.2. The van der Waals surface area contributed by atoms with Crippen LogP contribution >= 0.6 is 0 Å². The molecule has 0 aliphatic heterocycles. The Hall–Kier alpha value is -0.153. The normalized spacial score (nSPS) is 16.1. The van der Waals surface area contributed by atoms with Crippen LogP contribution in [0.3, 0.4) is 0 Å². The topological polar surface area (TPSA) is 46.5 Å². The summed E-state index contributed by atoms with van der Waals surface area (Å²) in [6.07, 6.45) is -0.470. The second-order valence-electron chi connectivity index (χ2n) is 3.47. The van der Waals surface area contributed by atoms with Crippen molar-refractivity contribution >= 4 is 19.4 Å². The Morgan fingerprint density at radius 2 is 2.00 bits per heavy atom. The minimum atomic E-state index is -2.21. The summed E-state index contributed by atoms with van der Waals surface area (Å²) in [6, 6.07) is 0. The number of rotatable bonds is 2. The van der Waals surface area contributed by atoms with Crippen molar-refractivity contribution in [3.05, 3.63) is 0 Å². The fourth-order valence-corrected chi connectivity index (χ4v) is 1.40. The minimum absolute atomic E-state index is 0.470. The van der Waals surface area contributed by atoms with E-state index in [-0.39, 0.29) is 0 Å². The van der Waals surface area contributed by atoms with Crippen molar-refractivity contribution in [1.82, 2.24) is 0 Å². The largest absolute Gasteiger partial charge is 0.303 e. The van der Waals surface area contributed by atoms with Crippen LogP contribution in [0.4, 0.5) is 0 Å². The van der Waals surface area contributed by atoms with Crippen molar-refractivity contribution in [2.24, 2.45) is 0 Å². The zero-order valence-corrected chi connectivity index (χ0v) is 9.57. The quantitative estimate of drug-likeness (QED) is 0.422. The molecule has 2 atom stereocenters. The van der Waals surface area contributed by atoms with Gasteiger partial charge in [0.2, 0.25) is 0 Å². The van der Waals surface area contributed by atoms with Crippen LogP contribution in [0.1, 0.15) is 6.92 Å². The zero-order chi connectivity index (χ0) is 9.78. The van der Waals surface area contributed by atoms with Gasteiger partial charge < -0.3 is 0 Å². The third-order valence-electron chi connectivity index (χ3n) is 0.877. The van der Waals surface area contributed by atoms with E-state index in [4.69, 9.17) is 4.55 Å². The first-order valence-electron chi connectivity index (χ1n) is 3.62. The monoisotopic (exact) mass is 206 g/mol. The molecule has 0 saturated carbocycles. The summed E-state index contributed by atoms with van der Waals surface area (Å²) < 4.78 is 23.0. The molecule has 0 saturated heterocycles. The molecule has 0 aromatic heterocycles. The van der Waals surface area contributed by atoms with Gasteiger partial charge in [-0.3, -0.25) is 8.74 Å². The van der Waals surface area contributed by atoms with Crippen LogP contribution in [-0.4, -0.2) is 22.9 Å². The molecule has 0 aliphatic rings. The third kappa shape index (κ3) is 7.95. The highest BCUT2D eigenvalue weighted by molar-refractivity contribution is 7.74. The molecule has 0 heterocycles. The van der Waals surface area contributed by atoms with E-state index in [2.05, 4.69) is 35.3 Å². The highest BCUT2D eigenvalue weighted by atomic mass is 32.2. The molecule has 0 radical (unpaired) electrons.